The van der Waals surface area contributed by atoms with E-state index >= 15 is 0 Å². The van der Waals surface area contributed by atoms with Crippen LogP contribution in [0, 0.1) is 19.3 Å². The molecule has 0 spiro atoms. The van der Waals surface area contributed by atoms with Gasteiger partial charge in [0.2, 0.25) is 0 Å². The van der Waals surface area contributed by atoms with Crippen LogP contribution in [0.1, 0.15) is 36.5 Å². The molecule has 2 N–H and O–H groups in total. The molecule has 1 aromatic rings. The highest BCUT2D eigenvalue weighted by Crippen LogP contribution is 2.29. The maximum Gasteiger partial charge on any atom is 0.0512 e. The lowest BCUT2D eigenvalue weighted by atomic mass is 9.78. The van der Waals surface area contributed by atoms with Gasteiger partial charge in [-0.2, -0.15) is 0 Å². The Morgan fingerprint density at radius 1 is 1.12 bits per heavy atom. The first kappa shape index (κ1) is 14.2. The van der Waals surface area contributed by atoms with Crippen molar-refractivity contribution >= 4 is 0 Å². The molecule has 0 aliphatic heterocycles. The molecule has 0 saturated carbocycles. The van der Waals surface area contributed by atoms with E-state index in [1.165, 1.54) is 16.7 Å². The molecule has 0 bridgehead atoms. The number of aryl methyl sites for hydroxylation is 2. The van der Waals surface area contributed by atoms with Crippen LogP contribution in [0.3, 0.4) is 0 Å². The van der Waals surface area contributed by atoms with Crippen LogP contribution in [-0.2, 0) is 6.42 Å². The van der Waals surface area contributed by atoms with E-state index in [0.29, 0.717) is 0 Å². The van der Waals surface area contributed by atoms with Crippen molar-refractivity contribution in [3.8, 4) is 0 Å². The fourth-order valence-electron chi connectivity index (χ4n) is 2.33. The predicted molar refractivity (Wildman–Crippen MR) is 71.1 cm³/mol. The summed E-state index contributed by atoms with van der Waals surface area (Å²) < 4.78 is 0. The Labute approximate surface area is 104 Å². The Morgan fingerprint density at radius 3 is 2.29 bits per heavy atom. The minimum absolute atomic E-state index is 0.0464. The van der Waals surface area contributed by atoms with Crippen molar-refractivity contribution in [1.29, 1.82) is 0 Å². The first-order valence-electron chi connectivity index (χ1n) is 6.35. The van der Waals surface area contributed by atoms with E-state index in [0.717, 1.165) is 19.3 Å². The second-order valence-electron chi connectivity index (χ2n) is 5.17. The van der Waals surface area contributed by atoms with Crippen LogP contribution in [0.4, 0.5) is 0 Å². The van der Waals surface area contributed by atoms with E-state index in [1.54, 1.807) is 0 Å². The first-order valence-corrected chi connectivity index (χ1v) is 6.35. The number of hydrogen-bond acceptors (Lipinski definition) is 2. The van der Waals surface area contributed by atoms with E-state index in [2.05, 4.69) is 39.0 Å². The molecule has 96 valence electrons. The van der Waals surface area contributed by atoms with Crippen LogP contribution in [0.2, 0.25) is 0 Å². The Kier molecular flexibility index (Phi) is 5.16. The predicted octanol–water partition coefficient (Wildman–Crippen LogP) is 2.62. The highest BCUT2D eigenvalue weighted by Gasteiger charge is 2.28. The van der Waals surface area contributed by atoms with Gasteiger partial charge in [-0.15, -0.1) is 0 Å². The van der Waals surface area contributed by atoms with Gasteiger partial charge in [-0.3, -0.25) is 0 Å². The van der Waals surface area contributed by atoms with Gasteiger partial charge in [0.05, 0.1) is 13.2 Å². The fourth-order valence-corrected chi connectivity index (χ4v) is 2.33. The van der Waals surface area contributed by atoms with Gasteiger partial charge in [0, 0.05) is 5.41 Å². The molecule has 17 heavy (non-hydrogen) atoms. The minimum Gasteiger partial charge on any atom is -0.396 e. The van der Waals surface area contributed by atoms with Crippen LogP contribution in [-0.4, -0.2) is 23.4 Å². The zero-order valence-electron chi connectivity index (χ0n) is 11.2. The van der Waals surface area contributed by atoms with Crippen molar-refractivity contribution < 1.29 is 10.2 Å². The van der Waals surface area contributed by atoms with Crippen molar-refractivity contribution in [3.63, 3.8) is 0 Å². The fraction of sp³-hybridized carbons (Fsp3) is 0.600. The third-order valence-corrected chi connectivity index (χ3v) is 3.52. The van der Waals surface area contributed by atoms with Gasteiger partial charge in [-0.1, -0.05) is 37.1 Å². The lowest BCUT2D eigenvalue weighted by Crippen LogP contribution is -2.32. The minimum atomic E-state index is -0.368. The normalized spacial score (nSPS) is 11.8. The Morgan fingerprint density at radius 2 is 1.76 bits per heavy atom. The summed E-state index contributed by atoms with van der Waals surface area (Å²) in [6, 6.07) is 6.36. The van der Waals surface area contributed by atoms with Crippen molar-refractivity contribution in [2.75, 3.05) is 13.2 Å². The van der Waals surface area contributed by atoms with Crippen LogP contribution in [0.25, 0.3) is 0 Å². The molecule has 0 heterocycles. The third-order valence-electron chi connectivity index (χ3n) is 3.52. The van der Waals surface area contributed by atoms with Crippen LogP contribution in [0.15, 0.2) is 18.2 Å². The maximum atomic E-state index is 9.57. The summed E-state index contributed by atoms with van der Waals surface area (Å²) in [6.45, 7) is 6.33. The number of rotatable bonds is 6. The van der Waals surface area contributed by atoms with Crippen LogP contribution < -0.4 is 0 Å². The molecule has 2 heteroatoms. The zero-order valence-corrected chi connectivity index (χ0v) is 11.2. The monoisotopic (exact) mass is 236 g/mol. The smallest absolute Gasteiger partial charge is 0.0512 e. The molecule has 0 radical (unpaired) electrons. The lowest BCUT2D eigenvalue weighted by molar-refractivity contribution is 0.0465. The van der Waals surface area contributed by atoms with Crippen molar-refractivity contribution in [2.24, 2.45) is 5.41 Å². The van der Waals surface area contributed by atoms with Crippen LogP contribution >= 0.6 is 0 Å². The van der Waals surface area contributed by atoms with Gasteiger partial charge in [-0.05, 0) is 37.8 Å². The molecule has 0 amide bonds. The SMILES string of the molecule is CCCC(CO)(CO)Cc1cc(C)ccc1C. The van der Waals surface area contributed by atoms with E-state index in [4.69, 9.17) is 0 Å². The maximum absolute atomic E-state index is 9.57. The highest BCUT2D eigenvalue weighted by molar-refractivity contribution is 5.31. The third kappa shape index (κ3) is 3.55. The molecular formula is C15H24O2. The summed E-state index contributed by atoms with van der Waals surface area (Å²) in [7, 11) is 0. The van der Waals surface area contributed by atoms with Crippen molar-refractivity contribution in [3.05, 3.63) is 34.9 Å². The molecule has 1 aromatic carbocycles. The molecule has 0 fully saturated rings. The topological polar surface area (TPSA) is 40.5 Å². The molecule has 2 nitrogen and oxygen atoms in total. The molecule has 0 aromatic heterocycles. The Hall–Kier alpha value is -0.860. The van der Waals surface area contributed by atoms with Crippen molar-refractivity contribution in [2.45, 2.75) is 40.0 Å². The van der Waals surface area contributed by atoms with E-state index in [9.17, 15) is 10.2 Å². The molecule has 0 aliphatic rings. The summed E-state index contributed by atoms with van der Waals surface area (Å²) in [6.07, 6.45) is 2.58. The van der Waals surface area contributed by atoms with Gasteiger partial charge in [0.1, 0.15) is 0 Å². The largest absolute Gasteiger partial charge is 0.396 e. The second kappa shape index (κ2) is 6.18. The lowest BCUT2D eigenvalue weighted by Gasteiger charge is -2.30. The first-order chi connectivity index (χ1) is 8.06. The molecular weight excluding hydrogens is 212 g/mol. The highest BCUT2D eigenvalue weighted by atomic mass is 16.3. The summed E-state index contributed by atoms with van der Waals surface area (Å²) in [5.74, 6) is 0. The number of aliphatic hydroxyl groups excluding tert-OH is 2. The number of aliphatic hydroxyl groups is 2. The quantitative estimate of drug-likeness (QED) is 0.797. The Bertz CT molecular complexity index is 354. The van der Waals surface area contributed by atoms with E-state index in [-0.39, 0.29) is 18.6 Å². The molecule has 0 atom stereocenters. The van der Waals surface area contributed by atoms with Gasteiger partial charge in [0.25, 0.3) is 0 Å². The average molecular weight is 236 g/mol. The molecule has 1 rings (SSSR count). The summed E-state index contributed by atoms with van der Waals surface area (Å²) in [4.78, 5) is 0. The van der Waals surface area contributed by atoms with Crippen LogP contribution in [0.5, 0.6) is 0 Å². The molecule has 0 aliphatic carbocycles. The van der Waals surface area contributed by atoms with Gasteiger partial charge >= 0.3 is 0 Å². The summed E-state index contributed by atoms with van der Waals surface area (Å²) in [5.41, 5.74) is 3.33. The van der Waals surface area contributed by atoms with Gasteiger partial charge < -0.3 is 10.2 Å². The van der Waals surface area contributed by atoms with Gasteiger partial charge in [-0.25, -0.2) is 0 Å². The molecule has 0 saturated heterocycles. The number of benzene rings is 1. The van der Waals surface area contributed by atoms with Crippen molar-refractivity contribution in [1.82, 2.24) is 0 Å². The van der Waals surface area contributed by atoms with E-state index in [1.807, 2.05) is 0 Å². The average Bonchev–Trinajstić information content (AvgIpc) is 2.33. The Balaban J connectivity index is 2.96. The summed E-state index contributed by atoms with van der Waals surface area (Å²) >= 11 is 0. The summed E-state index contributed by atoms with van der Waals surface area (Å²) in [5, 5.41) is 19.1. The number of hydrogen-bond donors (Lipinski definition) is 2. The van der Waals surface area contributed by atoms with Gasteiger partial charge in [0.15, 0.2) is 0 Å². The molecule has 0 unspecified atom stereocenters. The standard InChI is InChI=1S/C15H24O2/c1-4-7-15(10-16,11-17)9-14-8-12(2)5-6-13(14)3/h5-6,8,16-17H,4,7,9-11H2,1-3H3. The zero-order chi connectivity index (χ0) is 12.9. The van der Waals surface area contributed by atoms with E-state index < -0.39 is 0 Å². The second-order valence-corrected chi connectivity index (χ2v) is 5.17.